The van der Waals surface area contributed by atoms with Crippen LogP contribution in [0.3, 0.4) is 0 Å². The zero-order valence-corrected chi connectivity index (χ0v) is 80.0. The van der Waals surface area contributed by atoms with Gasteiger partial charge in [-0.05, 0) is 122 Å². The third kappa shape index (κ3) is 22.1. The van der Waals surface area contributed by atoms with E-state index in [0.717, 1.165) is 11.9 Å². The number of carbonyl (C=O) groups is 5. The molecule has 13 rings (SSSR count). The van der Waals surface area contributed by atoms with Crippen LogP contribution in [0.15, 0.2) is 11.6 Å². The standard InChI is InChI=1S/C92H150N2O45.CH4/c1-12-36(3)43(93-54(105)25-40(101)23-46(37(4)13-2)128-80-64(114)59(109)49(30-97)130-80)22-39(100)24-55(106)94-56-47(28-95)129-82(73(60(56)110)137-79-66(116)62(112)69(38(5)127-79)133-78-68(118)70(45(103)32-125-78)134-84-75(119)91(123,34-99)35-126-84)139-85(122)92-21-20-86(6,7)26-42(92)41-14-15-51-87(8)18-17-53(88(9,33-98)50(87)16-19-89(51,10)90(41,11)27-52(92)104)132-83-74(138-81-65(115)61(111)58(108)48(29-96)131-81)71(67(117)72(136-83)76(120)121)135-77-63(113)57(107)44(102)31-124-77;/h14,33,36-40,42-53,56-75,77-84,95-97,99-104,107-119,123H,12-13,15-32,34-35H2,1-11H3,(H,93,105)(H,94,106)(H,120,121);1H4/t36-,37-,38?,39-,40-,42?,43-,44+,45+,46-,47+,48?,49-,50+,51?,52?,53-,56-,57-,58-,59?,60?,61-,62?,63?,64?,65?,66?,67-,68?,69-,70?,71-,72?,73?,74?,75?,77-,78-,79-,80+,81-,82-,83+,84-,87?,88+,89-,90+,91-,92+;/m0./s1. The van der Waals surface area contributed by atoms with Gasteiger partial charge in [0, 0.05) is 12.5 Å². The van der Waals surface area contributed by atoms with Crippen LogP contribution in [-0.2, 0) is 99.8 Å². The van der Waals surface area contributed by atoms with Crippen LogP contribution in [0.25, 0.3) is 0 Å². The minimum absolute atomic E-state index is 0. The maximum absolute atomic E-state index is 16.4. The molecule has 47 heteroatoms. The number of aliphatic carboxylic acids is 1. The number of fused-ring (bicyclic) bond motifs is 7. The van der Waals surface area contributed by atoms with Gasteiger partial charge >= 0.3 is 11.9 Å². The number of allylic oxidation sites excluding steroid dienone is 2. The Balaban J connectivity index is 0.0000175. The monoisotopic (exact) mass is 2020 g/mol. The molecule has 806 valence electrons. The van der Waals surface area contributed by atoms with Gasteiger partial charge in [0.05, 0.1) is 107 Å². The fourth-order valence-corrected chi connectivity index (χ4v) is 24.5. The number of esters is 1. The van der Waals surface area contributed by atoms with Crippen molar-refractivity contribution in [1.29, 1.82) is 0 Å². The summed E-state index contributed by atoms with van der Waals surface area (Å²) in [6.07, 6.45) is -64.0. The van der Waals surface area contributed by atoms with Crippen LogP contribution >= 0.6 is 0 Å². The van der Waals surface area contributed by atoms with Gasteiger partial charge < -0.3 is 214 Å². The number of carbonyl (C=O) groups excluding carboxylic acids is 4. The van der Waals surface area contributed by atoms with Crippen molar-refractivity contribution in [3.05, 3.63) is 11.6 Å². The van der Waals surface area contributed by atoms with Gasteiger partial charge in [-0.1, -0.05) is 101 Å². The second-order valence-electron chi connectivity index (χ2n) is 42.9. The fourth-order valence-electron chi connectivity index (χ4n) is 24.5. The molecular formula is C93H154N2O45. The number of amides is 2. The van der Waals surface area contributed by atoms with Crippen molar-refractivity contribution in [1.82, 2.24) is 10.6 Å². The summed E-state index contributed by atoms with van der Waals surface area (Å²) in [5.41, 5.74) is -7.86. The Hall–Kier alpha value is -4.23. The summed E-state index contributed by atoms with van der Waals surface area (Å²) in [6.45, 7) is 15.2. The molecule has 8 saturated heterocycles. The van der Waals surface area contributed by atoms with E-state index in [-0.39, 0.29) is 63.7 Å². The van der Waals surface area contributed by atoms with Crippen LogP contribution in [0.1, 0.15) is 180 Å². The summed E-state index contributed by atoms with van der Waals surface area (Å²) in [5, 5.41) is 273. The molecule has 2 amide bonds. The van der Waals surface area contributed by atoms with Gasteiger partial charge in [0.1, 0.15) is 152 Å². The van der Waals surface area contributed by atoms with Crippen molar-refractivity contribution in [2.45, 2.75) is 431 Å². The number of rotatable bonds is 36. The van der Waals surface area contributed by atoms with Crippen LogP contribution in [0.2, 0.25) is 0 Å². The van der Waals surface area contributed by atoms with Crippen LogP contribution < -0.4 is 10.6 Å². The summed E-state index contributed by atoms with van der Waals surface area (Å²) in [5.74, 6) is -6.83. The molecule has 0 spiro atoms. The molecule has 12 fully saturated rings. The van der Waals surface area contributed by atoms with Crippen molar-refractivity contribution in [2.75, 3.05) is 46.2 Å². The molecule has 26 N–H and O–H groups in total. The van der Waals surface area contributed by atoms with E-state index in [9.17, 15) is 142 Å². The molecule has 8 heterocycles. The lowest BCUT2D eigenvalue weighted by molar-refractivity contribution is -0.391. The average molecular weight is 2020 g/mol. The Kier molecular flexibility index (Phi) is 37.4. The number of nitrogens with one attached hydrogen (secondary N) is 2. The topological polar surface area (TPSA) is 743 Å². The van der Waals surface area contributed by atoms with Gasteiger partial charge in [-0.15, -0.1) is 0 Å². The summed E-state index contributed by atoms with van der Waals surface area (Å²) in [4.78, 5) is 72.4. The van der Waals surface area contributed by atoms with Crippen LogP contribution in [0.4, 0.5) is 0 Å². The molecule has 0 aromatic rings. The third-order valence-electron chi connectivity index (χ3n) is 33.6. The third-order valence-corrected chi connectivity index (χ3v) is 33.6. The van der Waals surface area contributed by atoms with Gasteiger partial charge in [0.25, 0.3) is 0 Å². The Morgan fingerprint density at radius 1 is 0.536 bits per heavy atom. The first-order chi connectivity index (χ1) is 65.3. The second-order valence-corrected chi connectivity index (χ2v) is 42.9. The van der Waals surface area contributed by atoms with Gasteiger partial charge in [-0.2, -0.15) is 0 Å². The number of carboxylic acid groups (broad SMARTS) is 1. The number of hydrogen-bond acceptors (Lipinski definition) is 44. The highest BCUT2D eigenvalue weighted by molar-refractivity contribution is 5.80. The molecule has 0 aromatic carbocycles. The van der Waals surface area contributed by atoms with E-state index in [1.165, 1.54) is 6.92 Å². The predicted octanol–water partition coefficient (Wildman–Crippen LogP) is -6.93. The minimum atomic E-state index is -2.27. The highest BCUT2D eigenvalue weighted by atomic mass is 16.8. The summed E-state index contributed by atoms with van der Waals surface area (Å²) in [7, 11) is 0. The van der Waals surface area contributed by atoms with E-state index in [1.807, 2.05) is 41.5 Å². The normalized spacial score (nSPS) is 48.1. The van der Waals surface area contributed by atoms with Crippen LogP contribution in [-0.4, -0.2) is 450 Å². The Morgan fingerprint density at radius 3 is 1.73 bits per heavy atom. The Morgan fingerprint density at radius 2 is 1.10 bits per heavy atom. The smallest absolute Gasteiger partial charge is 0.335 e. The van der Waals surface area contributed by atoms with Crippen molar-refractivity contribution in [3.63, 3.8) is 0 Å². The minimum Gasteiger partial charge on any atom is -0.479 e. The maximum atomic E-state index is 16.4. The van der Waals surface area contributed by atoms with Crippen LogP contribution in [0, 0.1) is 62.1 Å². The Labute approximate surface area is 810 Å². The van der Waals surface area contributed by atoms with E-state index < -0.39 is 378 Å². The summed E-state index contributed by atoms with van der Waals surface area (Å²) < 4.78 is 96.5. The second kappa shape index (κ2) is 45.7. The van der Waals surface area contributed by atoms with Gasteiger partial charge in [-0.3, -0.25) is 14.4 Å². The zero-order chi connectivity index (χ0) is 102. The first kappa shape index (κ1) is 114. The lowest BCUT2D eigenvalue weighted by Crippen LogP contribution is -2.70. The van der Waals surface area contributed by atoms with Crippen molar-refractivity contribution in [3.8, 4) is 0 Å². The SMILES string of the molecule is C.CC[C@H](C)[C@H](C[C@H](O)CC(=O)N[C@@H]1C(O)C(O[C@@H]2OC(C)[C@H](O[C@@H]3OC[C@@H](O)C(O[C@@H]4OC[C@@](O)(CO)C4O)C3O)C(O)C2O)[C@H](OC(=O)[C@]23CCC(C)(C)CC2C2=CCC4C5(C)CC[C@H](O[C@@H]6OC(C(=O)O)[C@@H](O)[C@H](O[C@@H]7OC[C@@H](O)[C@H](O)C7O)C6O[C@@H]6OC(CO)[C@H](O)[C@H](O)C6O)[C@](C)(C=O)[C@@H]5CC[C@]4(C)[C@]2(C)CC3O)O[C@@H]1CO)NC(=O)C[C@@H](O)C[C@H](O[C@@H]1O[C@@H](CO)C(O)C1O)[C@@H](C)CC. The molecule has 13 aliphatic rings. The van der Waals surface area contributed by atoms with E-state index in [2.05, 4.69) is 30.6 Å². The van der Waals surface area contributed by atoms with Gasteiger partial charge in [0.15, 0.2) is 56.2 Å². The molecule has 8 aliphatic heterocycles. The van der Waals surface area contributed by atoms with Crippen LogP contribution in [0.5, 0.6) is 0 Å². The number of hydrogen-bond donors (Lipinski definition) is 26. The molecule has 0 aromatic heterocycles. The van der Waals surface area contributed by atoms with E-state index in [0.29, 0.717) is 44.9 Å². The first-order valence-electron chi connectivity index (χ1n) is 48.6. The molecule has 0 bridgehead atoms. The van der Waals surface area contributed by atoms with Crippen molar-refractivity contribution < 1.29 is 222 Å². The van der Waals surface area contributed by atoms with E-state index >= 15 is 4.79 Å². The average Bonchev–Trinajstić information content (AvgIpc) is 0.763. The number of aliphatic hydroxyl groups excluding tert-OH is 22. The maximum Gasteiger partial charge on any atom is 0.335 e. The molecule has 51 atom stereocenters. The summed E-state index contributed by atoms with van der Waals surface area (Å²) >= 11 is 0. The predicted molar refractivity (Wildman–Crippen MR) is 470 cm³/mol. The number of aliphatic hydroxyl groups is 23. The molecule has 19 unspecified atom stereocenters. The molecule has 5 aliphatic carbocycles. The number of ether oxygens (including phenoxy) is 16. The lowest BCUT2D eigenvalue weighted by Gasteiger charge is -2.71. The molecule has 140 heavy (non-hydrogen) atoms. The molecule has 47 nitrogen and oxygen atoms in total. The van der Waals surface area contributed by atoms with Gasteiger partial charge in [-0.25, -0.2) is 4.79 Å². The highest BCUT2D eigenvalue weighted by Gasteiger charge is 2.74. The lowest BCUT2D eigenvalue weighted by atomic mass is 9.33. The quantitative estimate of drug-likeness (QED) is 0.0120. The van der Waals surface area contributed by atoms with Crippen molar-refractivity contribution in [2.24, 2.45) is 62.1 Å². The van der Waals surface area contributed by atoms with Crippen molar-refractivity contribution >= 4 is 30.0 Å². The molecular weight excluding hydrogens is 1860 g/mol. The van der Waals surface area contributed by atoms with E-state index in [1.54, 1.807) is 13.8 Å². The number of aldehydes is 1. The molecule has 4 saturated carbocycles. The number of carboxylic acids is 1. The fraction of sp³-hybridized carbons (Fsp3) is 0.925. The largest absolute Gasteiger partial charge is 0.479 e. The van der Waals surface area contributed by atoms with Gasteiger partial charge in [0.2, 0.25) is 18.1 Å². The highest BCUT2D eigenvalue weighted by Crippen LogP contribution is 2.76. The van der Waals surface area contributed by atoms with E-state index in [4.69, 9.17) is 75.8 Å². The summed E-state index contributed by atoms with van der Waals surface area (Å²) in [6, 6.07) is -2.60. The first-order valence-corrected chi connectivity index (χ1v) is 48.6. The molecule has 0 radical (unpaired) electrons. The Bertz CT molecular complexity index is 4130. The zero-order valence-electron chi connectivity index (χ0n) is 80.0.